The minimum absolute atomic E-state index is 0.00436. The predicted octanol–water partition coefficient (Wildman–Crippen LogP) is 2.40. The summed E-state index contributed by atoms with van der Waals surface area (Å²) in [5, 5.41) is 0.397. The Kier molecular flexibility index (Phi) is 6.58. The van der Waals surface area contributed by atoms with Crippen molar-refractivity contribution in [3.05, 3.63) is 22.8 Å². The maximum Gasteiger partial charge on any atom is 0.344 e. The molecular formula is C13H8I3NO6. The van der Waals surface area contributed by atoms with Crippen LogP contribution in [0.15, 0.2) is 12.1 Å². The van der Waals surface area contributed by atoms with Gasteiger partial charge in [-0.2, -0.15) is 0 Å². The van der Waals surface area contributed by atoms with Gasteiger partial charge in [-0.1, -0.05) is 0 Å². The fraction of sp³-hybridized carbons (Fsp3) is 0.231. The lowest BCUT2D eigenvalue weighted by molar-refractivity contribution is -0.198. The van der Waals surface area contributed by atoms with Gasteiger partial charge in [0.15, 0.2) is 5.75 Å². The first-order valence-electron chi connectivity index (χ1n) is 6.19. The second-order valence-electron chi connectivity index (χ2n) is 4.39. The van der Waals surface area contributed by atoms with Crippen molar-refractivity contribution in [1.29, 1.82) is 0 Å². The summed E-state index contributed by atoms with van der Waals surface area (Å²) in [4.78, 5) is 50.7. The van der Waals surface area contributed by atoms with Gasteiger partial charge in [0.2, 0.25) is 0 Å². The number of amides is 2. The number of imide groups is 1. The van der Waals surface area contributed by atoms with Crippen molar-refractivity contribution in [2.45, 2.75) is 19.3 Å². The molecule has 1 aromatic rings. The van der Waals surface area contributed by atoms with Crippen LogP contribution in [0.1, 0.15) is 19.3 Å². The zero-order valence-electron chi connectivity index (χ0n) is 11.3. The summed E-state index contributed by atoms with van der Waals surface area (Å²) in [5.41, 5.74) is 0. The Morgan fingerprint density at radius 3 is 2.04 bits per heavy atom. The van der Waals surface area contributed by atoms with Crippen molar-refractivity contribution < 1.29 is 28.8 Å². The highest BCUT2D eigenvalue weighted by Gasteiger charge is 2.33. The minimum Gasteiger partial charge on any atom is -0.424 e. The van der Waals surface area contributed by atoms with Crippen LogP contribution in [0.25, 0.3) is 0 Å². The number of carbonyl (C=O) groups is 4. The van der Waals surface area contributed by atoms with Crippen molar-refractivity contribution in [3.8, 4) is 5.75 Å². The van der Waals surface area contributed by atoms with E-state index in [1.807, 2.05) is 57.3 Å². The molecule has 0 aromatic heterocycles. The Morgan fingerprint density at radius 1 is 1.00 bits per heavy atom. The summed E-state index contributed by atoms with van der Waals surface area (Å²) < 4.78 is 7.62. The number of hydrogen-bond donors (Lipinski definition) is 0. The van der Waals surface area contributed by atoms with Crippen LogP contribution in [0.2, 0.25) is 0 Å². The molecule has 1 aliphatic rings. The number of hydrogen-bond acceptors (Lipinski definition) is 6. The van der Waals surface area contributed by atoms with E-state index < -0.39 is 30.2 Å². The number of esters is 1. The highest BCUT2D eigenvalue weighted by Crippen LogP contribution is 2.29. The van der Waals surface area contributed by atoms with Gasteiger partial charge in [-0.15, -0.1) is 5.06 Å². The second kappa shape index (κ2) is 8.04. The molecule has 0 bridgehead atoms. The monoisotopic (exact) mass is 655 g/mol. The van der Waals surface area contributed by atoms with Gasteiger partial charge in [-0.25, -0.2) is 4.79 Å². The zero-order chi connectivity index (χ0) is 17.1. The van der Waals surface area contributed by atoms with E-state index in [1.54, 1.807) is 0 Å². The third kappa shape index (κ3) is 4.98. The van der Waals surface area contributed by atoms with E-state index in [4.69, 9.17) is 4.74 Å². The maximum absolute atomic E-state index is 11.8. The van der Waals surface area contributed by atoms with E-state index in [-0.39, 0.29) is 12.8 Å². The number of hydroxylamine groups is 2. The van der Waals surface area contributed by atoms with E-state index in [0.717, 1.165) is 10.7 Å². The number of benzene rings is 1. The van der Waals surface area contributed by atoms with E-state index in [2.05, 4.69) is 27.4 Å². The van der Waals surface area contributed by atoms with Crippen molar-refractivity contribution in [2.75, 3.05) is 0 Å². The minimum atomic E-state index is -1.02. The van der Waals surface area contributed by atoms with Crippen LogP contribution in [0.4, 0.5) is 0 Å². The van der Waals surface area contributed by atoms with Gasteiger partial charge in [0.25, 0.3) is 11.8 Å². The first kappa shape index (κ1) is 18.8. The number of carbonyl (C=O) groups excluding carboxylic acids is 4. The van der Waals surface area contributed by atoms with Gasteiger partial charge in [-0.05, 0) is 79.9 Å². The fourth-order valence-corrected chi connectivity index (χ4v) is 5.49. The largest absolute Gasteiger partial charge is 0.424 e. The highest BCUT2D eigenvalue weighted by atomic mass is 127. The van der Waals surface area contributed by atoms with Gasteiger partial charge in [0, 0.05) is 16.4 Å². The zero-order valence-corrected chi connectivity index (χ0v) is 17.8. The van der Waals surface area contributed by atoms with Crippen LogP contribution in [-0.4, -0.2) is 28.8 Å². The molecule has 0 radical (unpaired) electrons. The topological polar surface area (TPSA) is 90.0 Å². The summed E-state index contributed by atoms with van der Waals surface area (Å²) in [5.74, 6) is -2.69. The molecule has 122 valence electrons. The molecular weight excluding hydrogens is 647 g/mol. The SMILES string of the molecule is O=C(CC(=O)ON1C(=O)CCC1=O)Oc1c(I)cc(I)cc1I. The third-order valence-corrected chi connectivity index (χ3v) is 4.89. The van der Waals surface area contributed by atoms with E-state index in [1.165, 1.54) is 0 Å². The van der Waals surface area contributed by atoms with E-state index in [0.29, 0.717) is 10.8 Å². The molecule has 1 aliphatic heterocycles. The van der Waals surface area contributed by atoms with E-state index >= 15 is 0 Å². The molecule has 0 aliphatic carbocycles. The number of ether oxygens (including phenoxy) is 1. The molecule has 0 spiro atoms. The van der Waals surface area contributed by atoms with Crippen molar-refractivity contribution in [1.82, 2.24) is 5.06 Å². The van der Waals surface area contributed by atoms with Crippen LogP contribution in [0.3, 0.4) is 0 Å². The smallest absolute Gasteiger partial charge is 0.344 e. The van der Waals surface area contributed by atoms with Crippen molar-refractivity contribution in [3.63, 3.8) is 0 Å². The Bertz CT molecular complexity index is 666. The quantitative estimate of drug-likeness (QED) is 0.163. The molecule has 0 unspecified atom stereocenters. The molecule has 1 heterocycles. The highest BCUT2D eigenvalue weighted by molar-refractivity contribution is 14.1. The Labute approximate surface area is 171 Å². The number of rotatable bonds is 4. The van der Waals surface area contributed by atoms with Gasteiger partial charge in [0.05, 0.1) is 7.14 Å². The molecule has 0 atom stereocenters. The Hall–Kier alpha value is -0.510. The van der Waals surface area contributed by atoms with Crippen LogP contribution in [-0.2, 0) is 24.0 Å². The lowest BCUT2D eigenvalue weighted by Gasteiger charge is -2.13. The molecule has 23 heavy (non-hydrogen) atoms. The lowest BCUT2D eigenvalue weighted by Crippen LogP contribution is -2.33. The molecule has 10 heteroatoms. The average Bonchev–Trinajstić information content (AvgIpc) is 2.74. The van der Waals surface area contributed by atoms with Crippen molar-refractivity contribution >= 4 is 91.5 Å². The summed E-state index contributed by atoms with van der Waals surface area (Å²) in [7, 11) is 0. The van der Waals surface area contributed by atoms with Gasteiger partial charge >= 0.3 is 11.9 Å². The number of halogens is 3. The van der Waals surface area contributed by atoms with Gasteiger partial charge in [0.1, 0.15) is 6.42 Å². The standard InChI is InChI=1S/C13H8I3NO6/c14-6-3-7(15)13(8(16)4-6)22-11(20)5-12(21)23-17-9(18)1-2-10(17)19/h3-4H,1-2,5H2. The molecule has 1 fully saturated rings. The van der Waals surface area contributed by atoms with Crippen LogP contribution < -0.4 is 4.74 Å². The molecule has 2 rings (SSSR count). The summed E-state index contributed by atoms with van der Waals surface area (Å²) in [6.07, 6.45) is -0.708. The average molecular weight is 655 g/mol. The molecule has 0 saturated carbocycles. The summed E-state index contributed by atoms with van der Waals surface area (Å²) >= 11 is 6.19. The van der Waals surface area contributed by atoms with Gasteiger partial charge < -0.3 is 9.57 Å². The summed E-state index contributed by atoms with van der Waals surface area (Å²) in [6, 6.07) is 3.65. The first-order valence-corrected chi connectivity index (χ1v) is 9.43. The van der Waals surface area contributed by atoms with Crippen molar-refractivity contribution in [2.24, 2.45) is 0 Å². The Morgan fingerprint density at radius 2 is 1.52 bits per heavy atom. The fourth-order valence-electron chi connectivity index (χ4n) is 1.69. The first-order chi connectivity index (χ1) is 10.8. The maximum atomic E-state index is 11.8. The van der Waals surface area contributed by atoms with Crippen LogP contribution >= 0.6 is 67.8 Å². The molecule has 1 aromatic carbocycles. The summed E-state index contributed by atoms with van der Waals surface area (Å²) in [6.45, 7) is 0. The number of nitrogens with zero attached hydrogens (tertiary/aromatic N) is 1. The normalized spacial score (nSPS) is 14.1. The third-order valence-electron chi connectivity index (χ3n) is 2.67. The Balaban J connectivity index is 1.96. The second-order valence-corrected chi connectivity index (χ2v) is 7.96. The van der Waals surface area contributed by atoms with Crippen LogP contribution in [0.5, 0.6) is 5.75 Å². The lowest BCUT2D eigenvalue weighted by atomic mass is 10.3. The van der Waals surface area contributed by atoms with Crippen LogP contribution in [0, 0.1) is 10.7 Å². The molecule has 2 amide bonds. The molecule has 0 N–H and O–H groups in total. The van der Waals surface area contributed by atoms with E-state index in [9.17, 15) is 19.2 Å². The predicted molar refractivity (Wildman–Crippen MR) is 102 cm³/mol. The molecule has 1 saturated heterocycles. The van der Waals surface area contributed by atoms with Gasteiger partial charge in [-0.3, -0.25) is 14.4 Å². The molecule has 7 nitrogen and oxygen atoms in total.